The molecule has 0 radical (unpaired) electrons. The highest BCUT2D eigenvalue weighted by atomic mass is 32.2. The fourth-order valence-corrected chi connectivity index (χ4v) is 2.63. The van der Waals surface area contributed by atoms with Crippen molar-refractivity contribution in [1.82, 2.24) is 4.72 Å². The van der Waals surface area contributed by atoms with E-state index in [2.05, 4.69) is 25.5 Å². The van der Waals surface area contributed by atoms with Crippen LogP contribution in [0.4, 0.5) is 0 Å². The minimum atomic E-state index is -3.80. The number of sulfonamides is 1. The van der Waals surface area contributed by atoms with Gasteiger partial charge in [0, 0.05) is 5.41 Å². The molecule has 0 saturated carbocycles. The third-order valence-electron chi connectivity index (χ3n) is 2.94. The normalized spacial score (nSPS) is 13.1. The lowest BCUT2D eigenvalue weighted by atomic mass is 9.87. The van der Waals surface area contributed by atoms with Gasteiger partial charge in [-0.25, -0.2) is 13.1 Å². The average molecular weight is 297 g/mol. The van der Waals surface area contributed by atoms with Crippen LogP contribution in [0.3, 0.4) is 0 Å². The molecule has 0 saturated heterocycles. The molecule has 0 spiro atoms. The van der Waals surface area contributed by atoms with Crippen LogP contribution in [0.1, 0.15) is 47.1 Å². The van der Waals surface area contributed by atoms with Crippen LogP contribution >= 0.6 is 0 Å². The Morgan fingerprint density at radius 1 is 0.950 bits per heavy atom. The number of carbonyl (C=O) groups excluding carboxylic acids is 1. The largest absolute Gasteiger partial charge is 0.273 e. The zero-order chi connectivity index (χ0) is 15.8. The standard InChI is InChI=1S/C15H23NO3S/c1-14(2,3)11-7-9-12(10-8-11)20(18,19)16-13(17)15(4,5)6/h7-10H,1-6H3,(H,16,17). The van der Waals surface area contributed by atoms with Crippen molar-refractivity contribution in [3.8, 4) is 0 Å². The maximum atomic E-state index is 12.1. The van der Waals surface area contributed by atoms with Crippen molar-refractivity contribution in [2.45, 2.75) is 51.9 Å². The highest BCUT2D eigenvalue weighted by Crippen LogP contribution is 2.23. The molecule has 0 aliphatic carbocycles. The first-order valence-electron chi connectivity index (χ1n) is 6.52. The van der Waals surface area contributed by atoms with Gasteiger partial charge in [-0.05, 0) is 23.1 Å². The Balaban J connectivity index is 3.03. The number of nitrogens with one attached hydrogen (secondary N) is 1. The maximum absolute atomic E-state index is 12.1. The molecule has 1 rings (SSSR count). The number of rotatable bonds is 2. The molecule has 1 N–H and O–H groups in total. The molecule has 0 aliphatic rings. The van der Waals surface area contributed by atoms with E-state index in [4.69, 9.17) is 0 Å². The van der Waals surface area contributed by atoms with Crippen LogP contribution in [-0.2, 0) is 20.2 Å². The fourth-order valence-electron chi connectivity index (χ4n) is 1.47. The molecule has 0 aliphatic heterocycles. The fraction of sp³-hybridized carbons (Fsp3) is 0.533. The highest BCUT2D eigenvalue weighted by Gasteiger charge is 2.27. The van der Waals surface area contributed by atoms with Crippen LogP contribution in [0, 0.1) is 5.41 Å². The van der Waals surface area contributed by atoms with Gasteiger partial charge in [0.1, 0.15) is 0 Å². The third kappa shape index (κ3) is 4.07. The second kappa shape index (κ2) is 5.20. The summed E-state index contributed by atoms with van der Waals surface area (Å²) in [6, 6.07) is 6.60. The molecule has 112 valence electrons. The van der Waals surface area contributed by atoms with Crippen LogP contribution in [0.5, 0.6) is 0 Å². The van der Waals surface area contributed by atoms with Crippen LogP contribution in [0.2, 0.25) is 0 Å². The van der Waals surface area contributed by atoms with Gasteiger partial charge in [-0.15, -0.1) is 0 Å². The molecule has 1 aromatic rings. The molecule has 1 aromatic carbocycles. The molecule has 1 amide bonds. The van der Waals surface area contributed by atoms with E-state index >= 15 is 0 Å². The molecular weight excluding hydrogens is 274 g/mol. The van der Waals surface area contributed by atoms with Crippen LogP contribution < -0.4 is 4.72 Å². The van der Waals surface area contributed by atoms with Gasteiger partial charge in [0.25, 0.3) is 10.0 Å². The lowest BCUT2D eigenvalue weighted by Crippen LogP contribution is -2.38. The first-order valence-corrected chi connectivity index (χ1v) is 8.00. The number of benzene rings is 1. The van der Waals surface area contributed by atoms with Crippen molar-refractivity contribution in [3.05, 3.63) is 29.8 Å². The van der Waals surface area contributed by atoms with Gasteiger partial charge in [-0.3, -0.25) is 4.79 Å². The first kappa shape index (κ1) is 16.7. The van der Waals surface area contributed by atoms with Gasteiger partial charge in [0.15, 0.2) is 0 Å². The van der Waals surface area contributed by atoms with Gasteiger partial charge >= 0.3 is 0 Å². The van der Waals surface area contributed by atoms with Crippen LogP contribution in [-0.4, -0.2) is 14.3 Å². The Morgan fingerprint density at radius 3 is 1.75 bits per heavy atom. The Hall–Kier alpha value is -1.36. The number of hydrogen-bond acceptors (Lipinski definition) is 3. The lowest BCUT2D eigenvalue weighted by Gasteiger charge is -2.20. The van der Waals surface area contributed by atoms with E-state index in [1.54, 1.807) is 32.9 Å². The Morgan fingerprint density at radius 2 is 1.40 bits per heavy atom. The molecule has 0 fully saturated rings. The second-order valence-corrected chi connectivity index (χ2v) is 8.64. The van der Waals surface area contributed by atoms with Gasteiger partial charge in [-0.2, -0.15) is 0 Å². The van der Waals surface area contributed by atoms with Crippen molar-refractivity contribution in [3.63, 3.8) is 0 Å². The summed E-state index contributed by atoms with van der Waals surface area (Å²) >= 11 is 0. The van der Waals surface area contributed by atoms with Crippen molar-refractivity contribution in [2.75, 3.05) is 0 Å². The molecule has 4 nitrogen and oxygen atoms in total. The summed E-state index contributed by atoms with van der Waals surface area (Å²) in [6.07, 6.45) is 0. The summed E-state index contributed by atoms with van der Waals surface area (Å²) in [5.41, 5.74) is 0.244. The van der Waals surface area contributed by atoms with Crippen LogP contribution in [0.25, 0.3) is 0 Å². The predicted octanol–water partition coefficient (Wildman–Crippen LogP) is 2.84. The van der Waals surface area contributed by atoms with E-state index in [1.165, 1.54) is 12.1 Å². The summed E-state index contributed by atoms with van der Waals surface area (Å²) in [5.74, 6) is -0.516. The summed E-state index contributed by atoms with van der Waals surface area (Å²) in [4.78, 5) is 11.9. The molecule has 0 atom stereocenters. The molecular formula is C15H23NO3S. The molecule has 0 heterocycles. The van der Waals surface area contributed by atoms with Crippen LogP contribution in [0.15, 0.2) is 29.2 Å². The van der Waals surface area contributed by atoms with E-state index < -0.39 is 21.3 Å². The smallest absolute Gasteiger partial charge is 0.264 e. The predicted molar refractivity (Wildman–Crippen MR) is 79.9 cm³/mol. The summed E-state index contributed by atoms with van der Waals surface area (Å²) in [6.45, 7) is 11.2. The number of amides is 1. The topological polar surface area (TPSA) is 63.2 Å². The number of hydrogen-bond donors (Lipinski definition) is 1. The van der Waals surface area contributed by atoms with Crippen molar-refractivity contribution >= 4 is 15.9 Å². The Bertz CT molecular complexity index is 587. The highest BCUT2D eigenvalue weighted by molar-refractivity contribution is 7.90. The van der Waals surface area contributed by atoms with E-state index in [0.717, 1.165) is 5.56 Å². The average Bonchev–Trinajstić information content (AvgIpc) is 2.26. The van der Waals surface area contributed by atoms with Gasteiger partial charge in [0.2, 0.25) is 5.91 Å². The lowest BCUT2D eigenvalue weighted by molar-refractivity contribution is -0.126. The zero-order valence-corrected chi connectivity index (χ0v) is 13.8. The molecule has 20 heavy (non-hydrogen) atoms. The zero-order valence-electron chi connectivity index (χ0n) is 12.9. The number of carbonyl (C=O) groups is 1. The van der Waals surface area contributed by atoms with Crippen molar-refractivity contribution < 1.29 is 13.2 Å². The van der Waals surface area contributed by atoms with E-state index in [1.807, 2.05) is 0 Å². The monoisotopic (exact) mass is 297 g/mol. The van der Waals surface area contributed by atoms with Crippen molar-refractivity contribution in [2.24, 2.45) is 5.41 Å². The minimum absolute atomic E-state index is 0.0447. The SMILES string of the molecule is CC(C)(C)C(=O)NS(=O)(=O)c1ccc(C(C)(C)C)cc1. The molecule has 0 bridgehead atoms. The minimum Gasteiger partial charge on any atom is -0.273 e. The summed E-state index contributed by atoms with van der Waals surface area (Å²) < 4.78 is 26.3. The van der Waals surface area contributed by atoms with E-state index in [9.17, 15) is 13.2 Å². The summed E-state index contributed by atoms with van der Waals surface area (Å²) in [5, 5.41) is 0. The molecule has 0 unspecified atom stereocenters. The van der Waals surface area contributed by atoms with E-state index in [-0.39, 0.29) is 10.3 Å². The Labute approximate surface area is 121 Å². The molecule has 0 aromatic heterocycles. The third-order valence-corrected chi connectivity index (χ3v) is 4.29. The summed E-state index contributed by atoms with van der Waals surface area (Å²) in [7, 11) is -3.80. The first-order chi connectivity index (χ1) is 8.84. The van der Waals surface area contributed by atoms with Gasteiger partial charge < -0.3 is 0 Å². The Kier molecular flexibility index (Phi) is 4.34. The molecule has 5 heteroatoms. The van der Waals surface area contributed by atoms with E-state index in [0.29, 0.717) is 0 Å². The van der Waals surface area contributed by atoms with Gasteiger partial charge in [-0.1, -0.05) is 53.7 Å². The van der Waals surface area contributed by atoms with Gasteiger partial charge in [0.05, 0.1) is 4.90 Å². The quantitative estimate of drug-likeness (QED) is 0.913. The second-order valence-electron chi connectivity index (χ2n) is 6.96. The maximum Gasteiger partial charge on any atom is 0.264 e. The van der Waals surface area contributed by atoms with Crippen molar-refractivity contribution in [1.29, 1.82) is 0 Å².